The summed E-state index contributed by atoms with van der Waals surface area (Å²) in [5.74, 6) is 0.213. The first-order valence-corrected chi connectivity index (χ1v) is 16.9. The SMILES string of the molecule is CNc1nc(N)nc2c1ncn2[C@@H]1O[C@H](CO[P+](=S)N(Oc2cccc3ccccc23)[C@H](C)C(=O)OCC(C)(C)C)[C@@H](O)[C@@]1(C)F. The number of benzene rings is 2. The average molecular weight is 675 g/mol. The number of nitrogens with one attached hydrogen (secondary N) is 1. The lowest BCUT2D eigenvalue weighted by Crippen LogP contribution is -2.41. The van der Waals surface area contributed by atoms with Crippen molar-refractivity contribution >= 4 is 58.6 Å². The molecule has 4 N–H and O–H groups in total. The third-order valence-corrected chi connectivity index (χ3v) is 9.34. The third-order valence-electron chi connectivity index (χ3n) is 7.42. The van der Waals surface area contributed by atoms with Crippen LogP contribution in [-0.4, -0.2) is 79.6 Å². The van der Waals surface area contributed by atoms with E-state index in [1.165, 1.54) is 22.7 Å². The van der Waals surface area contributed by atoms with Crippen molar-refractivity contribution in [3.05, 3.63) is 48.8 Å². The molecule has 1 aliphatic rings. The summed E-state index contributed by atoms with van der Waals surface area (Å²) in [7, 11) is -0.436. The highest BCUT2D eigenvalue weighted by atomic mass is 32.4. The molecule has 2 aromatic carbocycles. The number of carbonyl (C=O) groups excluding carboxylic acids is 1. The Bertz CT molecular complexity index is 1750. The molecule has 0 bridgehead atoms. The number of alkyl halides is 1. The molecule has 0 saturated carbocycles. The molecule has 1 saturated heterocycles. The van der Waals surface area contributed by atoms with Gasteiger partial charge in [-0.25, -0.2) is 9.37 Å². The summed E-state index contributed by atoms with van der Waals surface area (Å²) in [5, 5.41) is 15.6. The number of rotatable bonds is 11. The maximum Gasteiger partial charge on any atom is 0.480 e. The van der Waals surface area contributed by atoms with Gasteiger partial charge in [-0.1, -0.05) is 57.2 Å². The van der Waals surface area contributed by atoms with Gasteiger partial charge in [0.1, 0.15) is 18.8 Å². The summed E-state index contributed by atoms with van der Waals surface area (Å²) in [6.45, 7) is 8.55. The van der Waals surface area contributed by atoms with E-state index >= 15 is 4.39 Å². The molecule has 246 valence electrons. The number of hydrogen-bond acceptors (Lipinski definition) is 12. The van der Waals surface area contributed by atoms with E-state index in [9.17, 15) is 9.90 Å². The van der Waals surface area contributed by atoms with E-state index in [1.807, 2.05) is 57.2 Å². The molecular formula is C30H38FN7O6PS+. The van der Waals surface area contributed by atoms with Crippen LogP contribution in [0.5, 0.6) is 5.75 Å². The molecule has 0 amide bonds. The molecule has 1 unspecified atom stereocenters. The van der Waals surface area contributed by atoms with Gasteiger partial charge in [0.2, 0.25) is 17.8 Å². The number of esters is 1. The minimum absolute atomic E-state index is 0.0456. The number of anilines is 2. The van der Waals surface area contributed by atoms with Crippen molar-refractivity contribution in [3.8, 4) is 5.75 Å². The molecule has 5 rings (SSSR count). The number of nitrogens with two attached hydrogens (primary N) is 1. The Balaban J connectivity index is 1.37. The smallest absolute Gasteiger partial charge is 0.464 e. The van der Waals surface area contributed by atoms with Crippen LogP contribution in [0.4, 0.5) is 16.2 Å². The first kappa shape index (κ1) is 33.8. The lowest BCUT2D eigenvalue weighted by Gasteiger charge is -2.24. The Morgan fingerprint density at radius 1 is 1.28 bits per heavy atom. The molecule has 0 radical (unpaired) electrons. The quantitative estimate of drug-likeness (QED) is 0.115. The molecular weight excluding hydrogens is 636 g/mol. The zero-order valence-electron chi connectivity index (χ0n) is 26.4. The topological polar surface area (TPSA) is 159 Å². The molecule has 13 nitrogen and oxygen atoms in total. The van der Waals surface area contributed by atoms with Gasteiger partial charge in [0.15, 0.2) is 40.7 Å². The number of fused-ring (bicyclic) bond motifs is 2. The van der Waals surface area contributed by atoms with Crippen LogP contribution in [0.15, 0.2) is 48.8 Å². The van der Waals surface area contributed by atoms with Gasteiger partial charge in [-0.3, -0.25) is 9.36 Å². The van der Waals surface area contributed by atoms with Gasteiger partial charge >= 0.3 is 13.0 Å². The summed E-state index contributed by atoms with van der Waals surface area (Å²) < 4.78 is 35.1. The highest BCUT2D eigenvalue weighted by molar-refractivity contribution is 8.01. The van der Waals surface area contributed by atoms with Crippen molar-refractivity contribution in [3.63, 3.8) is 0 Å². The molecule has 1 fully saturated rings. The van der Waals surface area contributed by atoms with E-state index in [0.29, 0.717) is 17.1 Å². The van der Waals surface area contributed by atoms with Crippen LogP contribution in [0.25, 0.3) is 21.9 Å². The van der Waals surface area contributed by atoms with E-state index in [4.69, 9.17) is 36.4 Å². The predicted molar refractivity (Wildman–Crippen MR) is 175 cm³/mol. The van der Waals surface area contributed by atoms with Crippen molar-refractivity contribution in [2.45, 2.75) is 64.8 Å². The van der Waals surface area contributed by atoms with Gasteiger partial charge in [0.05, 0.1) is 17.8 Å². The van der Waals surface area contributed by atoms with Crippen LogP contribution in [0.1, 0.15) is 40.8 Å². The first-order valence-electron chi connectivity index (χ1n) is 14.6. The number of aromatic nitrogens is 4. The second-order valence-corrected chi connectivity index (χ2v) is 14.4. The van der Waals surface area contributed by atoms with E-state index in [1.54, 1.807) is 20.0 Å². The maximum atomic E-state index is 16.1. The normalized spacial score (nSPS) is 22.7. The van der Waals surface area contributed by atoms with Gasteiger partial charge in [0, 0.05) is 12.4 Å². The Morgan fingerprint density at radius 2 is 2.00 bits per heavy atom. The minimum Gasteiger partial charge on any atom is -0.464 e. The zero-order valence-corrected chi connectivity index (χ0v) is 28.1. The number of ether oxygens (including phenoxy) is 2. The van der Waals surface area contributed by atoms with Crippen molar-refractivity contribution in [2.24, 2.45) is 5.41 Å². The van der Waals surface area contributed by atoms with E-state index < -0.39 is 43.2 Å². The molecule has 46 heavy (non-hydrogen) atoms. The Hall–Kier alpha value is -3.59. The van der Waals surface area contributed by atoms with E-state index in [-0.39, 0.29) is 30.2 Å². The summed E-state index contributed by atoms with van der Waals surface area (Å²) in [6.07, 6.45) is -2.73. The fourth-order valence-electron chi connectivity index (χ4n) is 4.95. The van der Waals surface area contributed by atoms with Crippen LogP contribution in [-0.2, 0) is 30.6 Å². The molecule has 0 spiro atoms. The third kappa shape index (κ3) is 6.89. The predicted octanol–water partition coefficient (Wildman–Crippen LogP) is 4.65. The largest absolute Gasteiger partial charge is 0.480 e. The van der Waals surface area contributed by atoms with Crippen molar-refractivity contribution < 1.29 is 33.1 Å². The number of aliphatic hydroxyl groups excluding tert-OH is 1. The molecule has 1 aliphatic heterocycles. The number of imidazole rings is 1. The summed E-state index contributed by atoms with van der Waals surface area (Å²) >= 11 is 5.73. The Morgan fingerprint density at radius 3 is 2.72 bits per heavy atom. The van der Waals surface area contributed by atoms with E-state index in [2.05, 4.69) is 20.3 Å². The number of hydroxylamine groups is 1. The molecule has 6 atom stereocenters. The number of carbonyl (C=O) groups is 1. The van der Waals surface area contributed by atoms with Gasteiger partial charge in [-0.15, -0.1) is 4.52 Å². The number of halogens is 1. The van der Waals surface area contributed by atoms with Gasteiger partial charge < -0.3 is 30.5 Å². The molecule has 4 aromatic rings. The Kier molecular flexibility index (Phi) is 9.73. The van der Waals surface area contributed by atoms with Crippen molar-refractivity contribution in [1.29, 1.82) is 0 Å². The second kappa shape index (κ2) is 13.3. The number of nitrogens with zero attached hydrogens (tertiary/aromatic N) is 5. The average Bonchev–Trinajstić information content (AvgIpc) is 3.53. The monoisotopic (exact) mass is 674 g/mol. The molecule has 3 heterocycles. The molecule has 16 heteroatoms. The highest BCUT2D eigenvalue weighted by Gasteiger charge is 2.56. The standard InChI is InChI=1S/C30H38FN7O6PS/c1-17(26(40)41-15-29(2,3)4)38(44-20-13-9-11-18-10-7-8-12-19(18)20)45(46)42-14-21-23(39)30(5,31)27(43-21)37-16-34-22-24(33-6)35-28(32)36-25(22)37/h7-13,16-17,21,23,27,39H,14-15H2,1-6H3,(H3,32,33,35,36)/q+1/t17-,21-,23-,27-,30-/m1/s1. The lowest BCUT2D eigenvalue weighted by molar-refractivity contribution is -0.157. The lowest BCUT2D eigenvalue weighted by atomic mass is 9.98. The summed E-state index contributed by atoms with van der Waals surface area (Å²) in [4.78, 5) is 33.3. The number of aliphatic hydroxyl groups is 1. The minimum atomic E-state index is -2.28. The maximum absolute atomic E-state index is 16.1. The fraction of sp³-hybridized carbons (Fsp3) is 0.467. The van der Waals surface area contributed by atoms with Gasteiger partial charge in [0.25, 0.3) is 0 Å². The van der Waals surface area contributed by atoms with Crippen LogP contribution in [0.2, 0.25) is 0 Å². The summed E-state index contributed by atoms with van der Waals surface area (Å²) in [5.41, 5.74) is 3.90. The van der Waals surface area contributed by atoms with Crippen molar-refractivity contribution in [1.82, 2.24) is 24.4 Å². The van der Waals surface area contributed by atoms with E-state index in [0.717, 1.165) is 10.8 Å². The Labute approximate surface area is 271 Å². The van der Waals surface area contributed by atoms with Gasteiger partial charge in [-0.2, -0.15) is 9.97 Å². The van der Waals surface area contributed by atoms with Crippen LogP contribution in [0.3, 0.4) is 0 Å². The highest BCUT2D eigenvalue weighted by Crippen LogP contribution is 2.44. The number of nitrogen functional groups attached to an aromatic ring is 1. The fourth-order valence-corrected chi connectivity index (χ4v) is 6.58. The number of hydrogen-bond donors (Lipinski definition) is 3. The molecule has 0 aliphatic carbocycles. The summed E-state index contributed by atoms with van der Waals surface area (Å²) in [6, 6.07) is 12.2. The molecule has 2 aromatic heterocycles. The first-order chi connectivity index (χ1) is 21.7. The van der Waals surface area contributed by atoms with Gasteiger partial charge in [-0.05, 0) is 30.7 Å². The van der Waals surface area contributed by atoms with Crippen LogP contribution in [0, 0.1) is 5.41 Å². The van der Waals surface area contributed by atoms with Crippen LogP contribution >= 0.6 is 7.07 Å². The zero-order chi connectivity index (χ0) is 33.4. The second-order valence-electron chi connectivity index (χ2n) is 12.4. The van der Waals surface area contributed by atoms with Crippen LogP contribution < -0.4 is 15.9 Å². The van der Waals surface area contributed by atoms with Crippen molar-refractivity contribution in [2.75, 3.05) is 31.3 Å².